The molecule has 5 nitrogen and oxygen atoms in total. The van der Waals surface area contributed by atoms with Gasteiger partial charge in [-0.15, -0.1) is 0 Å². The average molecular weight is 283 g/mol. The van der Waals surface area contributed by atoms with Crippen molar-refractivity contribution in [3.05, 3.63) is 24.3 Å². The Morgan fingerprint density at radius 1 is 1.63 bits per heavy atom. The normalized spacial score (nSPS) is 19.8. The molecule has 1 aliphatic heterocycles. The van der Waals surface area contributed by atoms with E-state index in [0.29, 0.717) is 5.75 Å². The van der Waals surface area contributed by atoms with Gasteiger partial charge in [0.15, 0.2) is 5.12 Å². The predicted molar refractivity (Wildman–Crippen MR) is 73.7 cm³/mol. The summed E-state index contributed by atoms with van der Waals surface area (Å²) in [5.74, 6) is -1.35. The first-order valence-electron chi connectivity index (χ1n) is 5.86. The topological polar surface area (TPSA) is 74.7 Å². The maximum atomic E-state index is 12.2. The van der Waals surface area contributed by atoms with Gasteiger partial charge < -0.3 is 10.0 Å². The summed E-state index contributed by atoms with van der Waals surface area (Å²) in [5.41, 5.74) is 0.729. The van der Waals surface area contributed by atoms with Crippen LogP contribution in [0.1, 0.15) is 13.8 Å². The minimum absolute atomic E-state index is 0.0548. The summed E-state index contributed by atoms with van der Waals surface area (Å²) in [5, 5.41) is 9.06. The molecule has 0 aliphatic carbocycles. The van der Waals surface area contributed by atoms with Crippen LogP contribution in [0.2, 0.25) is 0 Å². The van der Waals surface area contributed by atoms with Crippen molar-refractivity contribution in [3.8, 4) is 0 Å². The van der Waals surface area contributed by atoms with Crippen molar-refractivity contribution in [1.29, 1.82) is 0 Å². The molecule has 1 heterocycles. The van der Waals surface area contributed by atoms with Gasteiger partial charge in [0.05, 0.1) is 0 Å². The molecule has 0 radical (unpaired) electrons. The second-order valence-electron chi connectivity index (χ2n) is 4.40. The Labute approximate surface area is 116 Å². The molecule has 0 aromatic rings. The Hall–Kier alpha value is -1.56. The van der Waals surface area contributed by atoms with Crippen molar-refractivity contribution in [3.63, 3.8) is 0 Å². The number of thioether (sulfide) groups is 1. The highest BCUT2D eigenvalue weighted by atomic mass is 32.2. The minimum Gasteiger partial charge on any atom is -0.479 e. The second kappa shape index (κ2) is 6.56. The van der Waals surface area contributed by atoms with E-state index in [0.717, 1.165) is 17.3 Å². The van der Waals surface area contributed by atoms with Crippen molar-refractivity contribution in [2.24, 2.45) is 5.92 Å². The third-order valence-corrected chi connectivity index (χ3v) is 3.89. The van der Waals surface area contributed by atoms with Crippen LogP contribution in [0.15, 0.2) is 24.3 Å². The van der Waals surface area contributed by atoms with Crippen LogP contribution in [-0.2, 0) is 14.4 Å². The monoisotopic (exact) mass is 283 g/mol. The zero-order valence-electron chi connectivity index (χ0n) is 11.0. The van der Waals surface area contributed by atoms with Crippen molar-refractivity contribution < 1.29 is 19.5 Å². The number of carboxylic acid groups (broad SMARTS) is 1. The highest BCUT2D eigenvalue weighted by Crippen LogP contribution is 2.21. The molecular weight excluding hydrogens is 266 g/mol. The third kappa shape index (κ3) is 3.96. The summed E-state index contributed by atoms with van der Waals surface area (Å²) in [7, 11) is 0. The minimum atomic E-state index is -1.06. The molecule has 6 heteroatoms. The molecular formula is C13H17NO4S. The first-order valence-corrected chi connectivity index (χ1v) is 6.85. The molecule has 0 saturated heterocycles. The summed E-state index contributed by atoms with van der Waals surface area (Å²) >= 11 is 1.07. The van der Waals surface area contributed by atoms with Gasteiger partial charge in [-0.3, -0.25) is 9.59 Å². The van der Waals surface area contributed by atoms with Crippen molar-refractivity contribution >= 4 is 28.8 Å². The smallest absolute Gasteiger partial charge is 0.330 e. The molecule has 2 unspecified atom stereocenters. The molecule has 0 fully saturated rings. The molecule has 1 rings (SSSR count). The Balaban J connectivity index is 2.73. The second-order valence-corrected chi connectivity index (χ2v) is 5.60. The van der Waals surface area contributed by atoms with Crippen LogP contribution >= 0.6 is 11.8 Å². The van der Waals surface area contributed by atoms with Gasteiger partial charge in [0.1, 0.15) is 6.04 Å². The SMILES string of the molecule is C=CC1=CC(C(=O)O)N(C(=O)C(C)CSC(C)=O)C1. The fraction of sp³-hybridized carbons (Fsp3) is 0.462. The number of hydrogen-bond acceptors (Lipinski definition) is 4. The van der Waals surface area contributed by atoms with Crippen LogP contribution in [0.5, 0.6) is 0 Å². The Bertz CT molecular complexity index is 444. The van der Waals surface area contributed by atoms with Gasteiger partial charge in [-0.25, -0.2) is 4.79 Å². The molecule has 19 heavy (non-hydrogen) atoms. The quantitative estimate of drug-likeness (QED) is 0.823. The van der Waals surface area contributed by atoms with Gasteiger partial charge in [0.25, 0.3) is 0 Å². The van der Waals surface area contributed by atoms with E-state index in [2.05, 4.69) is 6.58 Å². The molecule has 1 N–H and O–H groups in total. The third-order valence-electron chi connectivity index (χ3n) is 2.82. The van der Waals surface area contributed by atoms with Crippen LogP contribution in [0.25, 0.3) is 0 Å². The van der Waals surface area contributed by atoms with Crippen LogP contribution in [0, 0.1) is 5.92 Å². The standard InChI is InChI=1S/C13H17NO4S/c1-4-10-5-11(13(17)18)14(6-10)12(16)8(2)7-19-9(3)15/h4-5,8,11H,1,6-7H2,2-3H3,(H,17,18). The summed E-state index contributed by atoms with van der Waals surface area (Å²) in [4.78, 5) is 35.5. The lowest BCUT2D eigenvalue weighted by Crippen LogP contribution is -2.44. The van der Waals surface area contributed by atoms with E-state index in [9.17, 15) is 14.4 Å². The Morgan fingerprint density at radius 3 is 2.74 bits per heavy atom. The number of aliphatic carboxylic acids is 1. The molecule has 0 aromatic heterocycles. The number of rotatable bonds is 5. The molecule has 104 valence electrons. The lowest BCUT2D eigenvalue weighted by Gasteiger charge is -2.24. The molecule has 0 saturated carbocycles. The fourth-order valence-corrected chi connectivity index (χ4v) is 2.42. The van der Waals surface area contributed by atoms with Crippen molar-refractivity contribution in [2.75, 3.05) is 12.3 Å². The highest BCUT2D eigenvalue weighted by molar-refractivity contribution is 8.13. The first-order chi connectivity index (χ1) is 8.86. The van der Waals surface area contributed by atoms with Gasteiger partial charge in [-0.1, -0.05) is 31.3 Å². The van der Waals surface area contributed by atoms with E-state index in [1.165, 1.54) is 17.9 Å². The first kappa shape index (κ1) is 15.5. The van der Waals surface area contributed by atoms with Crippen LogP contribution in [-0.4, -0.2) is 45.3 Å². The van der Waals surface area contributed by atoms with Crippen LogP contribution in [0.4, 0.5) is 0 Å². The number of carbonyl (C=O) groups is 3. The van der Waals surface area contributed by atoms with Gasteiger partial charge in [0.2, 0.25) is 5.91 Å². The molecule has 0 spiro atoms. The summed E-state index contributed by atoms with van der Waals surface area (Å²) in [6.07, 6.45) is 3.08. The lowest BCUT2D eigenvalue weighted by molar-refractivity contribution is -0.148. The van der Waals surface area contributed by atoms with Crippen LogP contribution < -0.4 is 0 Å². The van der Waals surface area contributed by atoms with Crippen molar-refractivity contribution in [1.82, 2.24) is 4.90 Å². The number of amides is 1. The van der Waals surface area contributed by atoms with E-state index >= 15 is 0 Å². The number of hydrogen-bond donors (Lipinski definition) is 1. The van der Waals surface area contributed by atoms with Gasteiger partial charge in [-0.2, -0.15) is 0 Å². The zero-order chi connectivity index (χ0) is 14.6. The Morgan fingerprint density at radius 2 is 2.26 bits per heavy atom. The molecule has 0 bridgehead atoms. The number of carboxylic acids is 1. The predicted octanol–water partition coefficient (Wildman–Crippen LogP) is 1.31. The summed E-state index contributed by atoms with van der Waals surface area (Å²) < 4.78 is 0. The highest BCUT2D eigenvalue weighted by Gasteiger charge is 2.35. The maximum Gasteiger partial charge on any atom is 0.330 e. The number of carbonyl (C=O) groups excluding carboxylic acids is 2. The molecule has 1 aliphatic rings. The number of nitrogens with zero attached hydrogens (tertiary/aromatic N) is 1. The van der Waals surface area contributed by atoms with E-state index in [4.69, 9.17) is 5.11 Å². The van der Waals surface area contributed by atoms with Crippen molar-refractivity contribution in [2.45, 2.75) is 19.9 Å². The van der Waals surface area contributed by atoms with Crippen LogP contribution in [0.3, 0.4) is 0 Å². The van der Waals surface area contributed by atoms with E-state index in [-0.39, 0.29) is 17.6 Å². The van der Waals surface area contributed by atoms with Gasteiger partial charge >= 0.3 is 5.97 Å². The lowest BCUT2D eigenvalue weighted by atomic mass is 10.1. The van der Waals surface area contributed by atoms with E-state index < -0.39 is 17.9 Å². The molecule has 0 aromatic carbocycles. The van der Waals surface area contributed by atoms with Gasteiger partial charge in [-0.05, 0) is 11.6 Å². The van der Waals surface area contributed by atoms with E-state index in [1.807, 2.05) is 0 Å². The van der Waals surface area contributed by atoms with E-state index in [1.54, 1.807) is 13.0 Å². The Kier molecular flexibility index (Phi) is 5.35. The molecule has 2 atom stereocenters. The largest absolute Gasteiger partial charge is 0.479 e. The fourth-order valence-electron chi connectivity index (χ4n) is 1.79. The summed E-state index contributed by atoms with van der Waals surface area (Å²) in [6.45, 7) is 6.98. The average Bonchev–Trinajstić information content (AvgIpc) is 2.79. The molecule has 1 amide bonds. The van der Waals surface area contributed by atoms with Gasteiger partial charge in [0, 0.05) is 25.1 Å². The summed E-state index contributed by atoms with van der Waals surface area (Å²) in [6, 6.07) is -0.940. The maximum absolute atomic E-state index is 12.2. The zero-order valence-corrected chi connectivity index (χ0v) is 11.8.